The molecular weight excluding hydrogens is 473 g/mol. The normalized spacial score (nSPS) is 26.4. The number of nitrogens with zero attached hydrogens (tertiary/aromatic N) is 4. The third-order valence-electron chi connectivity index (χ3n) is 7.78. The third-order valence-corrected chi connectivity index (χ3v) is 8.35. The molecule has 2 aliphatic heterocycles. The lowest BCUT2D eigenvalue weighted by atomic mass is 9.76. The van der Waals surface area contributed by atoms with Gasteiger partial charge >= 0.3 is 5.97 Å². The number of rotatable bonds is 7. The van der Waals surface area contributed by atoms with E-state index >= 15 is 0 Å². The number of hydrogen-bond donors (Lipinski definition) is 2. The topological polar surface area (TPSA) is 81.6 Å². The zero-order valence-electron chi connectivity index (χ0n) is 19.3. The van der Waals surface area contributed by atoms with E-state index in [0.29, 0.717) is 27.9 Å². The Hall–Kier alpha value is -2.09. The number of piperidine rings is 1. The van der Waals surface area contributed by atoms with Crippen LogP contribution in [0.25, 0.3) is 0 Å². The molecule has 3 aliphatic rings. The largest absolute Gasteiger partial charge is 0.481 e. The summed E-state index contributed by atoms with van der Waals surface area (Å²) in [5.41, 5.74) is 0.963. The Morgan fingerprint density at radius 3 is 2.71 bits per heavy atom. The van der Waals surface area contributed by atoms with Crippen molar-refractivity contribution in [1.82, 2.24) is 14.9 Å². The predicted molar refractivity (Wildman–Crippen MR) is 135 cm³/mol. The number of aromatic nitrogens is 2. The molecule has 0 spiro atoms. The Balaban J connectivity index is 1.14. The number of carboxylic acid groups (broad SMARTS) is 1. The summed E-state index contributed by atoms with van der Waals surface area (Å²) in [5, 5.41) is 13.8. The molecule has 1 aromatic heterocycles. The molecule has 9 heteroatoms. The SMILES string of the molecule is C[C@@H](Nc1cncc(N2CC([C@H]3CCCN([C@H]4C[C@H](C(=O)O)C4)C3)C2)n1)c1ccc(Cl)cc1Cl. The van der Waals surface area contributed by atoms with Crippen LogP contribution in [0.3, 0.4) is 0 Å². The number of aliphatic carboxylic acids is 1. The second kappa shape index (κ2) is 9.88. The summed E-state index contributed by atoms with van der Waals surface area (Å²) in [6.07, 6.45) is 7.66. The predicted octanol–water partition coefficient (Wildman–Crippen LogP) is 4.97. The lowest BCUT2D eigenvalue weighted by Crippen LogP contribution is -2.56. The molecule has 34 heavy (non-hydrogen) atoms. The molecule has 1 aromatic carbocycles. The van der Waals surface area contributed by atoms with E-state index in [2.05, 4.69) is 20.1 Å². The first-order valence-electron chi connectivity index (χ1n) is 12.1. The fourth-order valence-electron chi connectivity index (χ4n) is 5.57. The Morgan fingerprint density at radius 2 is 1.97 bits per heavy atom. The van der Waals surface area contributed by atoms with E-state index in [1.807, 2.05) is 25.3 Å². The van der Waals surface area contributed by atoms with E-state index in [-0.39, 0.29) is 12.0 Å². The molecule has 2 aromatic rings. The number of benzene rings is 1. The molecule has 1 saturated carbocycles. The van der Waals surface area contributed by atoms with Crippen LogP contribution in [-0.4, -0.2) is 58.2 Å². The highest BCUT2D eigenvalue weighted by Crippen LogP contribution is 2.38. The zero-order valence-corrected chi connectivity index (χ0v) is 20.8. The van der Waals surface area contributed by atoms with E-state index in [1.54, 1.807) is 12.3 Å². The highest BCUT2D eigenvalue weighted by Gasteiger charge is 2.42. The lowest BCUT2D eigenvalue weighted by Gasteiger charge is -2.50. The van der Waals surface area contributed by atoms with Gasteiger partial charge in [0.2, 0.25) is 0 Å². The van der Waals surface area contributed by atoms with Gasteiger partial charge < -0.3 is 20.2 Å². The standard InChI is InChI=1S/C25H31Cl2N5O2/c1-15(21-5-4-19(26)9-22(21)27)29-23-10-28-11-24(30-23)32-13-18(14-32)16-3-2-6-31(12-16)20-7-17(8-20)25(33)34/h4-5,9-11,15-18,20H,2-3,6-8,12-14H2,1H3,(H,29,30)(H,33,34)/t15-,16+,17-,20-/m1/s1. The Morgan fingerprint density at radius 1 is 1.18 bits per heavy atom. The summed E-state index contributed by atoms with van der Waals surface area (Å²) >= 11 is 12.4. The van der Waals surface area contributed by atoms with Gasteiger partial charge in [0.05, 0.1) is 24.4 Å². The maximum absolute atomic E-state index is 11.1. The van der Waals surface area contributed by atoms with Crippen molar-refractivity contribution >= 4 is 40.8 Å². The molecule has 1 aliphatic carbocycles. The number of carbonyl (C=O) groups is 1. The highest BCUT2D eigenvalue weighted by molar-refractivity contribution is 6.35. The summed E-state index contributed by atoms with van der Waals surface area (Å²) in [4.78, 5) is 25.2. The van der Waals surface area contributed by atoms with Gasteiger partial charge in [-0.2, -0.15) is 0 Å². The lowest BCUT2D eigenvalue weighted by molar-refractivity contribution is -0.147. The van der Waals surface area contributed by atoms with Crippen LogP contribution in [0.1, 0.15) is 44.2 Å². The van der Waals surface area contributed by atoms with Crippen LogP contribution in [-0.2, 0) is 4.79 Å². The van der Waals surface area contributed by atoms with Crippen molar-refractivity contribution in [2.24, 2.45) is 17.8 Å². The average molecular weight is 504 g/mol. The van der Waals surface area contributed by atoms with Gasteiger partial charge in [0.15, 0.2) is 0 Å². The summed E-state index contributed by atoms with van der Waals surface area (Å²) in [7, 11) is 0. The summed E-state index contributed by atoms with van der Waals surface area (Å²) in [5.74, 6) is 2.18. The molecule has 5 rings (SSSR count). The average Bonchev–Trinajstić information content (AvgIpc) is 2.72. The van der Waals surface area contributed by atoms with Crippen molar-refractivity contribution in [3.05, 3.63) is 46.2 Å². The van der Waals surface area contributed by atoms with Crippen LogP contribution in [0.15, 0.2) is 30.6 Å². The van der Waals surface area contributed by atoms with Crippen molar-refractivity contribution < 1.29 is 9.90 Å². The molecule has 0 bridgehead atoms. The third kappa shape index (κ3) is 4.97. The van der Waals surface area contributed by atoms with Crippen LogP contribution in [0.4, 0.5) is 11.6 Å². The fraction of sp³-hybridized carbons (Fsp3) is 0.560. The molecule has 0 amide bonds. The van der Waals surface area contributed by atoms with Crippen LogP contribution in [0.5, 0.6) is 0 Å². The number of likely N-dealkylation sites (tertiary alicyclic amines) is 1. The minimum Gasteiger partial charge on any atom is -0.481 e. The second-order valence-electron chi connectivity index (χ2n) is 10.0. The monoisotopic (exact) mass is 503 g/mol. The van der Waals surface area contributed by atoms with E-state index in [4.69, 9.17) is 28.2 Å². The number of carboxylic acids is 1. The van der Waals surface area contributed by atoms with Crippen LogP contribution < -0.4 is 10.2 Å². The first-order chi connectivity index (χ1) is 16.4. The summed E-state index contributed by atoms with van der Waals surface area (Å²) < 4.78 is 0. The summed E-state index contributed by atoms with van der Waals surface area (Å²) in [6.45, 7) is 6.25. The van der Waals surface area contributed by atoms with Gasteiger partial charge in [-0.05, 0) is 68.7 Å². The van der Waals surface area contributed by atoms with Gasteiger partial charge in [0, 0.05) is 35.7 Å². The highest BCUT2D eigenvalue weighted by atomic mass is 35.5. The number of anilines is 2. The molecule has 2 N–H and O–H groups in total. The number of hydrogen-bond acceptors (Lipinski definition) is 6. The quantitative estimate of drug-likeness (QED) is 0.551. The van der Waals surface area contributed by atoms with Crippen molar-refractivity contribution in [2.45, 2.75) is 44.7 Å². The van der Waals surface area contributed by atoms with Gasteiger partial charge in [-0.3, -0.25) is 9.78 Å². The minimum absolute atomic E-state index is 0.0288. The van der Waals surface area contributed by atoms with Gasteiger partial charge in [0.1, 0.15) is 11.6 Å². The maximum Gasteiger partial charge on any atom is 0.306 e. The van der Waals surface area contributed by atoms with Gasteiger partial charge in [-0.25, -0.2) is 4.98 Å². The maximum atomic E-state index is 11.1. The van der Waals surface area contributed by atoms with E-state index in [0.717, 1.165) is 56.2 Å². The van der Waals surface area contributed by atoms with E-state index < -0.39 is 5.97 Å². The molecule has 7 nitrogen and oxygen atoms in total. The minimum atomic E-state index is -0.636. The van der Waals surface area contributed by atoms with E-state index in [9.17, 15) is 9.90 Å². The molecule has 0 radical (unpaired) electrons. The van der Waals surface area contributed by atoms with Crippen molar-refractivity contribution in [3.8, 4) is 0 Å². The van der Waals surface area contributed by atoms with E-state index in [1.165, 1.54) is 12.8 Å². The Kier molecular flexibility index (Phi) is 6.87. The van der Waals surface area contributed by atoms with Crippen molar-refractivity contribution in [1.29, 1.82) is 0 Å². The molecule has 2 atom stereocenters. The first kappa shape index (κ1) is 23.6. The Labute approximate surface area is 210 Å². The number of halogens is 2. The molecule has 182 valence electrons. The van der Waals surface area contributed by atoms with Crippen LogP contribution in [0, 0.1) is 17.8 Å². The van der Waals surface area contributed by atoms with Gasteiger partial charge in [-0.15, -0.1) is 0 Å². The Bertz CT molecular complexity index is 1040. The van der Waals surface area contributed by atoms with Crippen LogP contribution in [0.2, 0.25) is 10.0 Å². The molecular formula is C25H31Cl2N5O2. The van der Waals surface area contributed by atoms with Crippen molar-refractivity contribution in [2.75, 3.05) is 36.4 Å². The molecule has 2 saturated heterocycles. The molecule has 0 unspecified atom stereocenters. The van der Waals surface area contributed by atoms with Gasteiger partial charge in [0.25, 0.3) is 0 Å². The van der Waals surface area contributed by atoms with Gasteiger partial charge in [-0.1, -0.05) is 29.3 Å². The molecule has 3 heterocycles. The van der Waals surface area contributed by atoms with Crippen molar-refractivity contribution in [3.63, 3.8) is 0 Å². The smallest absolute Gasteiger partial charge is 0.306 e. The number of nitrogens with one attached hydrogen (secondary N) is 1. The van der Waals surface area contributed by atoms with Crippen LogP contribution >= 0.6 is 23.2 Å². The zero-order chi connectivity index (χ0) is 23.8. The molecule has 3 fully saturated rings. The second-order valence-corrected chi connectivity index (χ2v) is 10.9. The summed E-state index contributed by atoms with van der Waals surface area (Å²) in [6, 6.07) is 5.95. The fourth-order valence-corrected chi connectivity index (χ4v) is 6.14. The first-order valence-corrected chi connectivity index (χ1v) is 12.9.